The summed E-state index contributed by atoms with van der Waals surface area (Å²) < 4.78 is 0. The monoisotopic (exact) mass is 301 g/mol. The third-order valence-electron chi connectivity index (χ3n) is 3.85. The van der Waals surface area contributed by atoms with Crippen LogP contribution >= 0.6 is 11.6 Å². The topological polar surface area (TPSA) is 49.3 Å². The molecule has 0 heterocycles. The molecule has 2 N–H and O–H groups in total. The van der Waals surface area contributed by atoms with Crippen molar-refractivity contribution in [3.8, 4) is 0 Å². The van der Waals surface area contributed by atoms with E-state index in [-0.39, 0.29) is 18.4 Å². The van der Waals surface area contributed by atoms with E-state index in [1.165, 1.54) is 0 Å². The molecule has 0 amide bonds. The first-order valence-corrected chi connectivity index (χ1v) is 7.31. The van der Waals surface area contributed by atoms with Crippen molar-refractivity contribution in [2.45, 2.75) is 18.6 Å². The third kappa shape index (κ3) is 3.00. The van der Waals surface area contributed by atoms with Crippen LogP contribution in [0.25, 0.3) is 0 Å². The molecule has 3 rings (SSSR count). The molecule has 21 heavy (non-hydrogen) atoms. The van der Waals surface area contributed by atoms with Crippen LogP contribution in [0.15, 0.2) is 48.5 Å². The van der Waals surface area contributed by atoms with Crippen LogP contribution in [0, 0.1) is 0 Å². The van der Waals surface area contributed by atoms with Gasteiger partial charge in [-0.1, -0.05) is 35.9 Å². The van der Waals surface area contributed by atoms with Crippen molar-refractivity contribution in [2.75, 3.05) is 6.54 Å². The number of rotatable bonds is 4. The summed E-state index contributed by atoms with van der Waals surface area (Å²) in [5.74, 6) is -0.0109. The van der Waals surface area contributed by atoms with Gasteiger partial charge in [-0.2, -0.15) is 0 Å². The summed E-state index contributed by atoms with van der Waals surface area (Å²) in [5, 5.41) is 13.9. The summed E-state index contributed by atoms with van der Waals surface area (Å²) in [4.78, 5) is 12.1. The van der Waals surface area contributed by atoms with Gasteiger partial charge in [0.2, 0.25) is 0 Å². The van der Waals surface area contributed by atoms with Crippen LogP contribution < -0.4 is 5.32 Å². The number of aliphatic hydroxyl groups is 1. The molecule has 1 aliphatic rings. The highest BCUT2D eigenvalue weighted by atomic mass is 35.5. The SMILES string of the molecule is O=C(CN[C@@H]1c2ccccc2C[C@H]1O)c1ccc(Cl)cc1. The molecule has 0 saturated heterocycles. The van der Waals surface area contributed by atoms with Crippen molar-refractivity contribution in [3.05, 3.63) is 70.2 Å². The molecule has 0 radical (unpaired) electrons. The Balaban J connectivity index is 1.68. The van der Waals surface area contributed by atoms with Gasteiger partial charge < -0.3 is 10.4 Å². The predicted molar refractivity (Wildman–Crippen MR) is 82.7 cm³/mol. The van der Waals surface area contributed by atoms with Crippen molar-refractivity contribution in [1.82, 2.24) is 5.32 Å². The number of hydrogen-bond acceptors (Lipinski definition) is 3. The van der Waals surface area contributed by atoms with E-state index in [1.807, 2.05) is 24.3 Å². The third-order valence-corrected chi connectivity index (χ3v) is 4.10. The lowest BCUT2D eigenvalue weighted by molar-refractivity contribution is 0.0964. The first-order valence-electron chi connectivity index (χ1n) is 6.93. The highest BCUT2D eigenvalue weighted by molar-refractivity contribution is 6.30. The van der Waals surface area contributed by atoms with E-state index in [0.29, 0.717) is 17.0 Å². The smallest absolute Gasteiger partial charge is 0.176 e. The fraction of sp³-hybridized carbons (Fsp3) is 0.235. The zero-order chi connectivity index (χ0) is 14.8. The van der Waals surface area contributed by atoms with Crippen LogP contribution in [-0.4, -0.2) is 23.5 Å². The minimum Gasteiger partial charge on any atom is -0.391 e. The van der Waals surface area contributed by atoms with Gasteiger partial charge in [0.15, 0.2) is 5.78 Å². The second-order valence-corrected chi connectivity index (χ2v) is 5.70. The van der Waals surface area contributed by atoms with E-state index in [1.54, 1.807) is 24.3 Å². The number of carbonyl (C=O) groups is 1. The van der Waals surface area contributed by atoms with Crippen LogP contribution in [0.5, 0.6) is 0 Å². The molecule has 108 valence electrons. The molecule has 0 unspecified atom stereocenters. The lowest BCUT2D eigenvalue weighted by atomic mass is 10.1. The first kappa shape index (κ1) is 14.3. The molecular formula is C17H16ClNO2. The maximum absolute atomic E-state index is 12.1. The number of ketones is 1. The van der Waals surface area contributed by atoms with Gasteiger partial charge in [-0.3, -0.25) is 4.79 Å². The largest absolute Gasteiger partial charge is 0.391 e. The summed E-state index contributed by atoms with van der Waals surface area (Å²) in [5.41, 5.74) is 2.84. The summed E-state index contributed by atoms with van der Waals surface area (Å²) in [6.07, 6.45) is 0.142. The Hall–Kier alpha value is -1.68. The molecule has 4 heteroatoms. The number of aliphatic hydroxyl groups excluding tert-OH is 1. The van der Waals surface area contributed by atoms with E-state index in [9.17, 15) is 9.90 Å². The Morgan fingerprint density at radius 3 is 2.67 bits per heavy atom. The molecule has 2 aromatic carbocycles. The van der Waals surface area contributed by atoms with E-state index in [2.05, 4.69) is 5.32 Å². The number of hydrogen-bond donors (Lipinski definition) is 2. The summed E-state index contributed by atoms with van der Waals surface area (Å²) >= 11 is 5.81. The van der Waals surface area contributed by atoms with Crippen LogP contribution in [0.1, 0.15) is 27.5 Å². The molecule has 0 fully saturated rings. The predicted octanol–water partition coefficient (Wildman–Crippen LogP) is 2.77. The number of carbonyl (C=O) groups excluding carboxylic acids is 1. The highest BCUT2D eigenvalue weighted by Gasteiger charge is 2.30. The molecule has 0 aliphatic heterocycles. The van der Waals surface area contributed by atoms with Crippen LogP contribution in [0.4, 0.5) is 0 Å². The molecule has 2 aromatic rings. The average molecular weight is 302 g/mol. The Kier molecular flexibility index (Phi) is 4.06. The van der Waals surface area contributed by atoms with Gasteiger partial charge in [-0.15, -0.1) is 0 Å². The zero-order valence-corrected chi connectivity index (χ0v) is 12.2. The molecule has 0 bridgehead atoms. The number of halogens is 1. The van der Waals surface area contributed by atoms with Crippen molar-refractivity contribution < 1.29 is 9.90 Å². The highest BCUT2D eigenvalue weighted by Crippen LogP contribution is 2.31. The van der Waals surface area contributed by atoms with Gasteiger partial charge in [0, 0.05) is 17.0 Å². The zero-order valence-electron chi connectivity index (χ0n) is 11.4. The molecular weight excluding hydrogens is 286 g/mol. The maximum Gasteiger partial charge on any atom is 0.176 e. The van der Waals surface area contributed by atoms with Gasteiger partial charge in [-0.25, -0.2) is 0 Å². The lowest BCUT2D eigenvalue weighted by Gasteiger charge is -2.17. The van der Waals surface area contributed by atoms with Crippen molar-refractivity contribution in [3.63, 3.8) is 0 Å². The van der Waals surface area contributed by atoms with E-state index in [4.69, 9.17) is 11.6 Å². The van der Waals surface area contributed by atoms with Crippen molar-refractivity contribution in [1.29, 1.82) is 0 Å². The number of fused-ring (bicyclic) bond motifs is 1. The molecule has 0 aromatic heterocycles. The van der Waals surface area contributed by atoms with Crippen LogP contribution in [-0.2, 0) is 6.42 Å². The summed E-state index contributed by atoms with van der Waals surface area (Å²) in [7, 11) is 0. The molecule has 0 saturated carbocycles. The van der Waals surface area contributed by atoms with Crippen LogP contribution in [0.3, 0.4) is 0 Å². The van der Waals surface area contributed by atoms with E-state index in [0.717, 1.165) is 11.1 Å². The van der Waals surface area contributed by atoms with E-state index >= 15 is 0 Å². The van der Waals surface area contributed by atoms with Gasteiger partial charge >= 0.3 is 0 Å². The summed E-state index contributed by atoms with van der Waals surface area (Å²) in [6.45, 7) is 0.192. The maximum atomic E-state index is 12.1. The fourth-order valence-electron chi connectivity index (χ4n) is 2.76. The molecule has 2 atom stereocenters. The summed E-state index contributed by atoms with van der Waals surface area (Å²) in [6, 6.07) is 14.6. The van der Waals surface area contributed by atoms with Crippen LogP contribution in [0.2, 0.25) is 5.02 Å². The lowest BCUT2D eigenvalue weighted by Crippen LogP contribution is -2.32. The number of Topliss-reactive ketones (excluding diaryl/α,β-unsaturated/α-hetero) is 1. The molecule has 1 aliphatic carbocycles. The Morgan fingerprint density at radius 1 is 1.19 bits per heavy atom. The fourth-order valence-corrected chi connectivity index (χ4v) is 2.89. The quantitative estimate of drug-likeness (QED) is 0.854. The molecule has 0 spiro atoms. The first-order chi connectivity index (χ1) is 10.1. The van der Waals surface area contributed by atoms with Crippen molar-refractivity contribution >= 4 is 17.4 Å². The number of benzene rings is 2. The standard InChI is InChI=1S/C17H16ClNO2/c18-13-7-5-11(6-8-13)16(21)10-19-17-14-4-2-1-3-12(14)9-15(17)20/h1-8,15,17,19-20H,9-10H2/t15-,17-/m1/s1. The average Bonchev–Trinajstić information content (AvgIpc) is 2.81. The van der Waals surface area contributed by atoms with Gasteiger partial charge in [-0.05, 0) is 35.4 Å². The van der Waals surface area contributed by atoms with Crippen molar-refractivity contribution in [2.24, 2.45) is 0 Å². The minimum absolute atomic E-state index is 0.0109. The molecule has 3 nitrogen and oxygen atoms in total. The van der Waals surface area contributed by atoms with Gasteiger partial charge in [0.05, 0.1) is 18.7 Å². The minimum atomic E-state index is -0.486. The van der Waals surface area contributed by atoms with E-state index < -0.39 is 6.10 Å². The van der Waals surface area contributed by atoms with Gasteiger partial charge in [0.1, 0.15) is 0 Å². The Bertz CT molecular complexity index is 654. The number of nitrogens with one attached hydrogen (secondary N) is 1. The normalized spacial score (nSPS) is 20.3. The Morgan fingerprint density at radius 2 is 1.90 bits per heavy atom. The second-order valence-electron chi connectivity index (χ2n) is 5.26. The second kappa shape index (κ2) is 5.98. The van der Waals surface area contributed by atoms with Gasteiger partial charge in [0.25, 0.3) is 0 Å². The Labute approximate surface area is 128 Å².